The maximum absolute atomic E-state index is 11.6. The van der Waals surface area contributed by atoms with E-state index in [1.54, 1.807) is 13.8 Å². The summed E-state index contributed by atoms with van der Waals surface area (Å²) in [6, 6.07) is 0. The Morgan fingerprint density at radius 1 is 1.46 bits per heavy atom. The molecule has 5 nitrogen and oxygen atoms in total. The number of aromatic nitrogens is 3. The fourth-order valence-electron chi connectivity index (χ4n) is 1.04. The molecule has 2 heterocycles. The Kier molecular flexibility index (Phi) is 1.59. The molecule has 0 aliphatic carbocycles. The van der Waals surface area contributed by atoms with Gasteiger partial charge in [0.2, 0.25) is 10.1 Å². The van der Waals surface area contributed by atoms with E-state index in [2.05, 4.69) is 10.1 Å². The van der Waals surface area contributed by atoms with Crippen molar-refractivity contribution in [2.75, 3.05) is 5.73 Å². The lowest BCUT2D eigenvalue weighted by molar-refractivity contribution is 0.878. The average molecular weight is 196 g/mol. The van der Waals surface area contributed by atoms with Gasteiger partial charge in [-0.2, -0.15) is 4.52 Å². The van der Waals surface area contributed by atoms with Gasteiger partial charge in [-0.25, -0.2) is 4.98 Å². The van der Waals surface area contributed by atoms with Crippen molar-refractivity contribution in [3.8, 4) is 0 Å². The molecule has 2 aromatic heterocycles. The standard InChI is InChI=1S/C7H8N4OS/c1-3-4(2)9-7-11(5(3)12)10-6(8)13-7/h1-2H3,(H2,8,10). The van der Waals surface area contributed by atoms with E-state index in [-0.39, 0.29) is 5.56 Å². The topological polar surface area (TPSA) is 73.3 Å². The Hall–Kier alpha value is -1.43. The number of nitrogens with two attached hydrogens (primary N) is 1. The van der Waals surface area contributed by atoms with E-state index < -0.39 is 0 Å². The van der Waals surface area contributed by atoms with Crippen LogP contribution in [0.3, 0.4) is 0 Å². The fraction of sp³-hybridized carbons (Fsp3) is 0.286. The fourth-order valence-corrected chi connectivity index (χ4v) is 1.74. The largest absolute Gasteiger partial charge is 0.374 e. The van der Waals surface area contributed by atoms with Gasteiger partial charge in [0.15, 0.2) is 0 Å². The maximum atomic E-state index is 11.6. The van der Waals surface area contributed by atoms with Gasteiger partial charge >= 0.3 is 0 Å². The maximum Gasteiger partial charge on any atom is 0.278 e. The van der Waals surface area contributed by atoms with Crippen LogP contribution in [0.1, 0.15) is 11.3 Å². The molecule has 0 amide bonds. The van der Waals surface area contributed by atoms with Crippen LogP contribution in [0, 0.1) is 13.8 Å². The first kappa shape index (κ1) is 8.18. The molecule has 0 spiro atoms. The minimum absolute atomic E-state index is 0.143. The minimum atomic E-state index is -0.143. The van der Waals surface area contributed by atoms with Gasteiger partial charge in [-0.05, 0) is 13.8 Å². The summed E-state index contributed by atoms with van der Waals surface area (Å²) < 4.78 is 1.24. The highest BCUT2D eigenvalue weighted by Crippen LogP contribution is 2.13. The van der Waals surface area contributed by atoms with E-state index in [9.17, 15) is 4.79 Å². The molecular weight excluding hydrogens is 188 g/mol. The molecule has 6 heteroatoms. The van der Waals surface area contributed by atoms with Crippen LogP contribution in [0.5, 0.6) is 0 Å². The number of hydrogen-bond acceptors (Lipinski definition) is 5. The van der Waals surface area contributed by atoms with Crippen molar-refractivity contribution in [3.63, 3.8) is 0 Å². The van der Waals surface area contributed by atoms with Crippen molar-refractivity contribution in [1.82, 2.24) is 14.6 Å². The van der Waals surface area contributed by atoms with Gasteiger partial charge in [0.05, 0.1) is 0 Å². The summed E-state index contributed by atoms with van der Waals surface area (Å²) in [5, 5.41) is 4.21. The summed E-state index contributed by atoms with van der Waals surface area (Å²) in [7, 11) is 0. The molecule has 0 atom stereocenters. The monoisotopic (exact) mass is 196 g/mol. The molecule has 2 N–H and O–H groups in total. The number of aryl methyl sites for hydroxylation is 1. The third-order valence-corrected chi connectivity index (χ3v) is 2.63. The minimum Gasteiger partial charge on any atom is -0.374 e. The zero-order valence-corrected chi connectivity index (χ0v) is 8.05. The molecule has 68 valence electrons. The molecule has 0 saturated carbocycles. The van der Waals surface area contributed by atoms with Crippen molar-refractivity contribution in [1.29, 1.82) is 0 Å². The number of hydrogen-bond donors (Lipinski definition) is 1. The molecule has 0 aliphatic heterocycles. The highest BCUT2D eigenvalue weighted by Gasteiger charge is 2.08. The Labute approximate surface area is 77.8 Å². The van der Waals surface area contributed by atoms with E-state index >= 15 is 0 Å². The number of nitrogen functional groups attached to an aromatic ring is 1. The van der Waals surface area contributed by atoms with Crippen LogP contribution < -0.4 is 11.3 Å². The molecule has 2 aromatic rings. The zero-order chi connectivity index (χ0) is 9.59. The smallest absolute Gasteiger partial charge is 0.278 e. The van der Waals surface area contributed by atoms with Gasteiger partial charge in [-0.15, -0.1) is 5.10 Å². The lowest BCUT2D eigenvalue weighted by atomic mass is 10.3. The van der Waals surface area contributed by atoms with Gasteiger partial charge in [0, 0.05) is 11.3 Å². The van der Waals surface area contributed by atoms with E-state index in [0.29, 0.717) is 15.7 Å². The Morgan fingerprint density at radius 2 is 2.15 bits per heavy atom. The predicted octanol–water partition coefficient (Wildman–Crippen LogP) is 0.350. The Morgan fingerprint density at radius 3 is 2.85 bits per heavy atom. The van der Waals surface area contributed by atoms with Gasteiger partial charge in [-0.3, -0.25) is 4.79 Å². The molecule has 2 rings (SSSR count). The summed E-state index contributed by atoms with van der Waals surface area (Å²) in [6.07, 6.45) is 0. The molecular formula is C7H8N4OS. The van der Waals surface area contributed by atoms with Gasteiger partial charge in [-0.1, -0.05) is 11.3 Å². The van der Waals surface area contributed by atoms with Crippen LogP contribution in [0.15, 0.2) is 4.79 Å². The first-order valence-electron chi connectivity index (χ1n) is 3.72. The summed E-state index contributed by atoms with van der Waals surface area (Å²) in [5.41, 5.74) is 6.67. The number of fused-ring (bicyclic) bond motifs is 1. The van der Waals surface area contributed by atoms with E-state index in [1.165, 1.54) is 15.9 Å². The second-order valence-electron chi connectivity index (χ2n) is 2.76. The van der Waals surface area contributed by atoms with Crippen molar-refractivity contribution in [2.24, 2.45) is 0 Å². The zero-order valence-electron chi connectivity index (χ0n) is 7.24. The van der Waals surface area contributed by atoms with E-state index in [0.717, 1.165) is 5.69 Å². The van der Waals surface area contributed by atoms with Crippen LogP contribution in [-0.4, -0.2) is 14.6 Å². The molecule has 0 radical (unpaired) electrons. The van der Waals surface area contributed by atoms with Crippen molar-refractivity contribution in [2.45, 2.75) is 13.8 Å². The Balaban J connectivity index is 3.01. The molecule has 0 aliphatic rings. The third kappa shape index (κ3) is 1.10. The lowest BCUT2D eigenvalue weighted by Gasteiger charge is -1.96. The first-order chi connectivity index (χ1) is 6.09. The third-order valence-electron chi connectivity index (χ3n) is 1.89. The number of anilines is 1. The number of nitrogens with zero attached hydrogens (tertiary/aromatic N) is 3. The van der Waals surface area contributed by atoms with Crippen molar-refractivity contribution in [3.05, 3.63) is 21.6 Å². The van der Waals surface area contributed by atoms with Gasteiger partial charge < -0.3 is 5.73 Å². The van der Waals surface area contributed by atoms with E-state index in [1.807, 2.05) is 0 Å². The van der Waals surface area contributed by atoms with Crippen LogP contribution in [-0.2, 0) is 0 Å². The molecule has 0 aromatic carbocycles. The van der Waals surface area contributed by atoms with Crippen molar-refractivity contribution >= 4 is 21.4 Å². The van der Waals surface area contributed by atoms with Crippen LogP contribution in [0.25, 0.3) is 4.96 Å². The normalized spacial score (nSPS) is 10.9. The molecule has 0 bridgehead atoms. The summed E-state index contributed by atoms with van der Waals surface area (Å²) >= 11 is 1.21. The van der Waals surface area contributed by atoms with Gasteiger partial charge in [0.25, 0.3) is 5.56 Å². The average Bonchev–Trinajstić information content (AvgIpc) is 2.42. The van der Waals surface area contributed by atoms with Gasteiger partial charge in [0.1, 0.15) is 0 Å². The quantitative estimate of drug-likeness (QED) is 0.659. The first-order valence-corrected chi connectivity index (χ1v) is 4.54. The second kappa shape index (κ2) is 2.53. The van der Waals surface area contributed by atoms with Crippen LogP contribution in [0.4, 0.5) is 5.13 Å². The lowest BCUT2D eigenvalue weighted by Crippen LogP contribution is -2.19. The summed E-state index contributed by atoms with van der Waals surface area (Å²) in [6.45, 7) is 3.53. The molecule has 0 unspecified atom stereocenters. The Bertz CT molecular complexity index is 527. The molecule has 0 saturated heterocycles. The summed E-state index contributed by atoms with van der Waals surface area (Å²) in [4.78, 5) is 16.3. The van der Waals surface area contributed by atoms with Crippen LogP contribution >= 0.6 is 11.3 Å². The van der Waals surface area contributed by atoms with Crippen LogP contribution in [0.2, 0.25) is 0 Å². The van der Waals surface area contributed by atoms with Crippen molar-refractivity contribution < 1.29 is 0 Å². The second-order valence-corrected chi connectivity index (χ2v) is 3.75. The SMILES string of the molecule is Cc1nc2sc(N)nn2c(=O)c1C. The molecule has 0 fully saturated rings. The summed E-state index contributed by atoms with van der Waals surface area (Å²) in [5.74, 6) is 0. The highest BCUT2D eigenvalue weighted by atomic mass is 32.1. The molecule has 13 heavy (non-hydrogen) atoms. The predicted molar refractivity (Wildman–Crippen MR) is 51.0 cm³/mol. The number of rotatable bonds is 0. The van der Waals surface area contributed by atoms with E-state index in [4.69, 9.17) is 5.73 Å². The highest BCUT2D eigenvalue weighted by molar-refractivity contribution is 7.20.